The molecule has 0 aliphatic carbocycles. The number of benzene rings is 1. The molecule has 2 aromatic rings. The number of nitrogens with two attached hydrogens (primary N) is 1. The summed E-state index contributed by atoms with van der Waals surface area (Å²) in [5.74, 6) is 0. The average molecular weight is 280 g/mol. The van der Waals surface area contributed by atoms with E-state index in [4.69, 9.17) is 28.9 Å². The number of aliphatic imine (C=N–C) groups is 1. The van der Waals surface area contributed by atoms with E-state index in [0.29, 0.717) is 21.4 Å². The largest absolute Gasteiger partial charge is 0.398 e. The van der Waals surface area contributed by atoms with Crippen molar-refractivity contribution in [2.45, 2.75) is 0 Å². The summed E-state index contributed by atoms with van der Waals surface area (Å²) in [6.45, 7) is 0. The van der Waals surface area contributed by atoms with Gasteiger partial charge in [0.15, 0.2) is 0 Å². The molecule has 0 saturated heterocycles. The average Bonchev–Trinajstić information content (AvgIpc) is 2.33. The fourth-order valence-electron chi connectivity index (χ4n) is 1.65. The zero-order valence-corrected chi connectivity index (χ0v) is 11.2. The van der Waals surface area contributed by atoms with Gasteiger partial charge in [0, 0.05) is 36.3 Å². The van der Waals surface area contributed by atoms with Crippen molar-refractivity contribution in [2.75, 3.05) is 12.8 Å². The summed E-state index contributed by atoms with van der Waals surface area (Å²) in [5, 5.41) is 0.966. The van der Waals surface area contributed by atoms with Crippen molar-refractivity contribution in [3.05, 3.63) is 46.1 Å². The summed E-state index contributed by atoms with van der Waals surface area (Å²) < 4.78 is 0. The van der Waals surface area contributed by atoms with E-state index in [2.05, 4.69) is 9.98 Å². The van der Waals surface area contributed by atoms with E-state index in [0.717, 1.165) is 11.1 Å². The lowest BCUT2D eigenvalue weighted by atomic mass is 10.0. The number of nitrogen functional groups attached to an aromatic ring is 1. The fourth-order valence-corrected chi connectivity index (χ4v) is 2.14. The van der Waals surface area contributed by atoms with Crippen LogP contribution in [0.2, 0.25) is 10.0 Å². The Morgan fingerprint density at radius 2 is 2.11 bits per heavy atom. The molecule has 92 valence electrons. The Hall–Kier alpha value is -1.58. The summed E-state index contributed by atoms with van der Waals surface area (Å²) >= 11 is 12.0. The molecule has 1 aromatic carbocycles. The van der Waals surface area contributed by atoms with E-state index >= 15 is 0 Å². The van der Waals surface area contributed by atoms with Crippen LogP contribution in [0, 0.1) is 0 Å². The molecule has 18 heavy (non-hydrogen) atoms. The molecule has 0 aliphatic heterocycles. The maximum atomic E-state index is 6.13. The van der Waals surface area contributed by atoms with Gasteiger partial charge in [-0.3, -0.25) is 9.98 Å². The van der Waals surface area contributed by atoms with Gasteiger partial charge in [-0.25, -0.2) is 0 Å². The first-order valence-electron chi connectivity index (χ1n) is 5.25. The Morgan fingerprint density at radius 3 is 2.78 bits per heavy atom. The lowest BCUT2D eigenvalue weighted by Gasteiger charge is -2.09. The molecule has 0 bridgehead atoms. The van der Waals surface area contributed by atoms with Crippen LogP contribution in [-0.2, 0) is 0 Å². The SMILES string of the molecule is CN=Cc1cccc(-c2ncc(Cl)cc2Cl)c1N. The van der Waals surface area contributed by atoms with Crippen LogP contribution in [0.25, 0.3) is 11.3 Å². The van der Waals surface area contributed by atoms with Gasteiger partial charge in [0.05, 0.1) is 15.7 Å². The Kier molecular flexibility index (Phi) is 3.84. The van der Waals surface area contributed by atoms with Crippen molar-refractivity contribution in [1.29, 1.82) is 0 Å². The van der Waals surface area contributed by atoms with Crippen LogP contribution in [0.1, 0.15) is 5.56 Å². The molecule has 2 N–H and O–H groups in total. The van der Waals surface area contributed by atoms with Gasteiger partial charge in [-0.1, -0.05) is 41.4 Å². The van der Waals surface area contributed by atoms with Gasteiger partial charge in [-0.05, 0) is 6.07 Å². The van der Waals surface area contributed by atoms with E-state index in [1.165, 1.54) is 0 Å². The maximum absolute atomic E-state index is 6.13. The number of pyridine rings is 1. The standard InChI is InChI=1S/C13H11Cl2N3/c1-17-6-8-3-2-4-10(12(8)16)13-11(15)5-9(14)7-18-13/h2-7H,16H2,1H3. The van der Waals surface area contributed by atoms with Crippen molar-refractivity contribution in [3.8, 4) is 11.3 Å². The third kappa shape index (κ3) is 2.47. The first-order valence-corrected chi connectivity index (χ1v) is 6.01. The number of hydrogen-bond acceptors (Lipinski definition) is 3. The minimum absolute atomic E-state index is 0.472. The molecule has 0 fully saturated rings. The van der Waals surface area contributed by atoms with E-state index in [9.17, 15) is 0 Å². The highest BCUT2D eigenvalue weighted by Crippen LogP contribution is 2.32. The number of rotatable bonds is 2. The minimum Gasteiger partial charge on any atom is -0.398 e. The summed E-state index contributed by atoms with van der Waals surface area (Å²) in [6, 6.07) is 7.28. The fraction of sp³-hybridized carbons (Fsp3) is 0.0769. The third-order valence-corrected chi connectivity index (χ3v) is 2.97. The molecular weight excluding hydrogens is 269 g/mol. The van der Waals surface area contributed by atoms with Crippen LogP contribution in [0.5, 0.6) is 0 Å². The van der Waals surface area contributed by atoms with Gasteiger partial charge in [-0.2, -0.15) is 0 Å². The number of nitrogens with zero attached hydrogens (tertiary/aromatic N) is 2. The Morgan fingerprint density at radius 1 is 1.33 bits per heavy atom. The second kappa shape index (κ2) is 5.38. The van der Waals surface area contributed by atoms with Gasteiger partial charge in [-0.15, -0.1) is 0 Å². The van der Waals surface area contributed by atoms with Crippen LogP contribution in [0.3, 0.4) is 0 Å². The molecule has 0 unspecified atom stereocenters. The first kappa shape index (κ1) is 12.9. The summed E-state index contributed by atoms with van der Waals surface area (Å²) in [7, 11) is 1.69. The van der Waals surface area contributed by atoms with Gasteiger partial charge in [0.25, 0.3) is 0 Å². The Bertz CT molecular complexity index is 609. The quantitative estimate of drug-likeness (QED) is 0.673. The first-order chi connectivity index (χ1) is 8.63. The highest BCUT2D eigenvalue weighted by Gasteiger charge is 2.11. The predicted octanol–water partition coefficient (Wildman–Crippen LogP) is 3.69. The molecule has 0 aliphatic rings. The van der Waals surface area contributed by atoms with Crippen molar-refractivity contribution < 1.29 is 0 Å². The molecule has 0 atom stereocenters. The third-order valence-electron chi connectivity index (χ3n) is 2.47. The number of aromatic nitrogens is 1. The molecular formula is C13H11Cl2N3. The normalized spacial score (nSPS) is 11.1. The number of anilines is 1. The van der Waals surface area contributed by atoms with E-state index < -0.39 is 0 Å². The summed E-state index contributed by atoms with van der Waals surface area (Å²) in [5.41, 5.74) is 8.91. The number of hydrogen-bond donors (Lipinski definition) is 1. The van der Waals surface area contributed by atoms with Crippen LogP contribution in [-0.4, -0.2) is 18.2 Å². The zero-order chi connectivity index (χ0) is 13.1. The van der Waals surface area contributed by atoms with Crippen LogP contribution < -0.4 is 5.73 Å². The highest BCUT2D eigenvalue weighted by molar-refractivity contribution is 6.36. The van der Waals surface area contributed by atoms with Crippen molar-refractivity contribution in [3.63, 3.8) is 0 Å². The molecule has 1 heterocycles. The van der Waals surface area contributed by atoms with E-state index in [1.54, 1.807) is 25.5 Å². The second-order valence-electron chi connectivity index (χ2n) is 3.68. The van der Waals surface area contributed by atoms with Gasteiger partial charge >= 0.3 is 0 Å². The molecule has 3 nitrogen and oxygen atoms in total. The Labute approximate surface area is 115 Å². The molecule has 5 heteroatoms. The van der Waals surface area contributed by atoms with Crippen LogP contribution >= 0.6 is 23.2 Å². The number of para-hydroxylation sites is 1. The minimum atomic E-state index is 0.472. The lowest BCUT2D eigenvalue weighted by Crippen LogP contribution is -1.98. The molecule has 2 rings (SSSR count). The van der Waals surface area contributed by atoms with Gasteiger partial charge in [0.2, 0.25) is 0 Å². The van der Waals surface area contributed by atoms with Crippen molar-refractivity contribution in [1.82, 2.24) is 4.98 Å². The Balaban J connectivity index is 2.60. The van der Waals surface area contributed by atoms with Crippen LogP contribution in [0.4, 0.5) is 5.69 Å². The van der Waals surface area contributed by atoms with Gasteiger partial charge in [0.1, 0.15) is 0 Å². The van der Waals surface area contributed by atoms with E-state index in [1.807, 2.05) is 18.2 Å². The monoisotopic (exact) mass is 279 g/mol. The lowest BCUT2D eigenvalue weighted by molar-refractivity contribution is 1.32. The maximum Gasteiger partial charge on any atom is 0.0910 e. The second-order valence-corrected chi connectivity index (χ2v) is 4.52. The summed E-state index contributed by atoms with van der Waals surface area (Å²) in [6.07, 6.45) is 3.24. The zero-order valence-electron chi connectivity index (χ0n) is 9.69. The van der Waals surface area contributed by atoms with E-state index in [-0.39, 0.29) is 0 Å². The van der Waals surface area contributed by atoms with Crippen molar-refractivity contribution in [2.24, 2.45) is 4.99 Å². The molecule has 0 radical (unpaired) electrons. The van der Waals surface area contributed by atoms with Crippen LogP contribution in [0.15, 0.2) is 35.5 Å². The summed E-state index contributed by atoms with van der Waals surface area (Å²) in [4.78, 5) is 8.18. The van der Waals surface area contributed by atoms with Crippen molar-refractivity contribution >= 4 is 35.1 Å². The smallest absolute Gasteiger partial charge is 0.0910 e. The molecule has 0 spiro atoms. The molecule has 1 aromatic heterocycles. The highest BCUT2D eigenvalue weighted by atomic mass is 35.5. The molecule has 0 saturated carbocycles. The van der Waals surface area contributed by atoms with Gasteiger partial charge < -0.3 is 5.73 Å². The predicted molar refractivity (Wildman–Crippen MR) is 77.6 cm³/mol. The topological polar surface area (TPSA) is 51.3 Å². The number of halogens is 2. The molecule has 0 amide bonds.